The first kappa shape index (κ1) is 12.5. The van der Waals surface area contributed by atoms with Gasteiger partial charge in [0.05, 0.1) is 6.07 Å². The molecular formula is C9H10F3N3O. The molecule has 0 N–H and O–H groups in total. The monoisotopic (exact) mass is 233 g/mol. The SMILES string of the molecule is CC(CCC#N)c1nc(CC(F)(F)F)no1. The van der Waals surface area contributed by atoms with Gasteiger partial charge in [0.2, 0.25) is 5.89 Å². The molecule has 7 heteroatoms. The quantitative estimate of drug-likeness (QED) is 0.801. The van der Waals surface area contributed by atoms with Crippen LogP contribution in [0.5, 0.6) is 0 Å². The van der Waals surface area contributed by atoms with Crippen LogP contribution in [0.4, 0.5) is 13.2 Å². The van der Waals surface area contributed by atoms with Crippen molar-refractivity contribution in [3.8, 4) is 6.07 Å². The van der Waals surface area contributed by atoms with Gasteiger partial charge in [-0.25, -0.2) is 0 Å². The van der Waals surface area contributed by atoms with Crippen LogP contribution in [0, 0.1) is 11.3 Å². The van der Waals surface area contributed by atoms with Gasteiger partial charge in [-0.3, -0.25) is 0 Å². The van der Waals surface area contributed by atoms with Gasteiger partial charge in [-0.2, -0.15) is 23.4 Å². The third-order valence-electron chi connectivity index (χ3n) is 1.95. The van der Waals surface area contributed by atoms with E-state index in [9.17, 15) is 13.2 Å². The molecule has 0 saturated heterocycles. The van der Waals surface area contributed by atoms with Gasteiger partial charge in [-0.15, -0.1) is 0 Å². The lowest BCUT2D eigenvalue weighted by Gasteiger charge is -2.01. The number of hydrogen-bond acceptors (Lipinski definition) is 4. The molecule has 1 aromatic heterocycles. The molecule has 0 fully saturated rings. The van der Waals surface area contributed by atoms with Crippen molar-refractivity contribution in [1.29, 1.82) is 5.26 Å². The standard InChI is InChI=1S/C9H10F3N3O/c1-6(3-2-4-13)8-14-7(15-16-8)5-9(10,11)12/h6H,2-3,5H2,1H3. The molecule has 1 aromatic rings. The second kappa shape index (κ2) is 4.96. The van der Waals surface area contributed by atoms with E-state index in [2.05, 4.69) is 10.1 Å². The number of rotatable bonds is 4. The Morgan fingerprint density at radius 1 is 1.50 bits per heavy atom. The molecule has 0 amide bonds. The Hall–Kier alpha value is -1.58. The highest BCUT2D eigenvalue weighted by atomic mass is 19.4. The number of halogens is 3. The summed E-state index contributed by atoms with van der Waals surface area (Å²) in [6, 6.07) is 1.94. The highest BCUT2D eigenvalue weighted by Gasteiger charge is 2.31. The van der Waals surface area contributed by atoms with Crippen molar-refractivity contribution in [3.05, 3.63) is 11.7 Å². The molecule has 0 radical (unpaired) electrons. The van der Waals surface area contributed by atoms with Crippen LogP contribution >= 0.6 is 0 Å². The van der Waals surface area contributed by atoms with Gasteiger partial charge in [0.1, 0.15) is 6.42 Å². The predicted octanol–water partition coefficient (Wildman–Crippen LogP) is 2.58. The van der Waals surface area contributed by atoms with Crippen molar-refractivity contribution in [2.24, 2.45) is 0 Å². The summed E-state index contributed by atoms with van der Waals surface area (Å²) in [5, 5.41) is 11.6. The zero-order valence-corrected chi connectivity index (χ0v) is 8.58. The Labute approximate surface area is 90.1 Å². The normalized spacial score (nSPS) is 13.4. The minimum Gasteiger partial charge on any atom is -0.339 e. The molecule has 0 aromatic carbocycles. The Morgan fingerprint density at radius 3 is 2.75 bits per heavy atom. The topological polar surface area (TPSA) is 62.7 Å². The molecule has 0 saturated carbocycles. The molecular weight excluding hydrogens is 223 g/mol. The van der Waals surface area contributed by atoms with Crippen LogP contribution in [0.1, 0.15) is 37.4 Å². The predicted molar refractivity (Wildman–Crippen MR) is 47.3 cm³/mol. The second-order valence-corrected chi connectivity index (χ2v) is 3.44. The van der Waals surface area contributed by atoms with Gasteiger partial charge in [0.25, 0.3) is 0 Å². The van der Waals surface area contributed by atoms with Crippen molar-refractivity contribution in [1.82, 2.24) is 10.1 Å². The third kappa shape index (κ3) is 3.88. The summed E-state index contributed by atoms with van der Waals surface area (Å²) in [6.45, 7) is 1.72. The maximum atomic E-state index is 12.0. The van der Waals surface area contributed by atoms with E-state index in [4.69, 9.17) is 9.78 Å². The van der Waals surface area contributed by atoms with E-state index < -0.39 is 12.6 Å². The summed E-state index contributed by atoms with van der Waals surface area (Å²) in [6.07, 6.45) is -4.74. The van der Waals surface area contributed by atoms with E-state index in [1.54, 1.807) is 6.92 Å². The van der Waals surface area contributed by atoms with E-state index in [0.717, 1.165) is 0 Å². The van der Waals surface area contributed by atoms with Crippen LogP contribution in [0.3, 0.4) is 0 Å². The van der Waals surface area contributed by atoms with Gasteiger partial charge in [-0.1, -0.05) is 12.1 Å². The Morgan fingerprint density at radius 2 is 2.19 bits per heavy atom. The molecule has 0 spiro atoms. The van der Waals surface area contributed by atoms with Crippen LogP contribution in [-0.4, -0.2) is 16.3 Å². The minimum atomic E-state index is -4.34. The largest absolute Gasteiger partial charge is 0.396 e. The molecule has 88 valence electrons. The summed E-state index contributed by atoms with van der Waals surface area (Å²) in [5.74, 6) is -0.421. The van der Waals surface area contributed by atoms with Gasteiger partial charge in [0.15, 0.2) is 5.82 Å². The Kier molecular flexibility index (Phi) is 3.88. The molecule has 4 nitrogen and oxygen atoms in total. The van der Waals surface area contributed by atoms with Crippen LogP contribution < -0.4 is 0 Å². The first-order chi connectivity index (χ1) is 7.42. The molecule has 16 heavy (non-hydrogen) atoms. The van der Waals surface area contributed by atoms with E-state index in [0.29, 0.717) is 12.8 Å². The zero-order valence-electron chi connectivity index (χ0n) is 8.58. The lowest BCUT2D eigenvalue weighted by Crippen LogP contribution is -2.12. The Balaban J connectivity index is 2.61. The molecule has 1 heterocycles. The second-order valence-electron chi connectivity index (χ2n) is 3.44. The van der Waals surface area contributed by atoms with Gasteiger partial charge in [0, 0.05) is 12.3 Å². The van der Waals surface area contributed by atoms with Crippen molar-refractivity contribution in [2.45, 2.75) is 38.3 Å². The minimum absolute atomic E-state index is 0.148. The highest BCUT2D eigenvalue weighted by molar-refractivity contribution is 4.94. The van der Waals surface area contributed by atoms with Crippen molar-refractivity contribution in [2.75, 3.05) is 0 Å². The van der Waals surface area contributed by atoms with Crippen LogP contribution in [0.2, 0.25) is 0 Å². The summed E-state index contributed by atoms with van der Waals surface area (Å²) in [7, 11) is 0. The molecule has 1 atom stereocenters. The number of alkyl halides is 3. The van der Waals surface area contributed by atoms with E-state index in [-0.39, 0.29) is 17.6 Å². The van der Waals surface area contributed by atoms with Crippen LogP contribution in [-0.2, 0) is 6.42 Å². The van der Waals surface area contributed by atoms with E-state index in [1.807, 2.05) is 6.07 Å². The average Bonchev–Trinajstić information content (AvgIpc) is 2.59. The maximum Gasteiger partial charge on any atom is 0.396 e. The lowest BCUT2D eigenvalue weighted by atomic mass is 10.1. The first-order valence-electron chi connectivity index (χ1n) is 4.68. The molecule has 0 bridgehead atoms. The fraction of sp³-hybridized carbons (Fsp3) is 0.667. The van der Waals surface area contributed by atoms with Crippen molar-refractivity contribution in [3.63, 3.8) is 0 Å². The number of nitriles is 1. The first-order valence-corrected chi connectivity index (χ1v) is 4.68. The third-order valence-corrected chi connectivity index (χ3v) is 1.95. The summed E-state index contributed by atoms with van der Waals surface area (Å²) in [4.78, 5) is 3.64. The van der Waals surface area contributed by atoms with Crippen LogP contribution in [0.15, 0.2) is 4.52 Å². The summed E-state index contributed by atoms with van der Waals surface area (Å²) >= 11 is 0. The lowest BCUT2D eigenvalue weighted by molar-refractivity contribution is -0.128. The van der Waals surface area contributed by atoms with E-state index in [1.165, 1.54) is 0 Å². The summed E-state index contributed by atoms with van der Waals surface area (Å²) in [5.41, 5.74) is 0. The van der Waals surface area contributed by atoms with Crippen molar-refractivity contribution >= 4 is 0 Å². The van der Waals surface area contributed by atoms with Gasteiger partial charge >= 0.3 is 6.18 Å². The summed E-state index contributed by atoms with van der Waals surface area (Å²) < 4.78 is 40.7. The molecule has 0 aliphatic heterocycles. The smallest absolute Gasteiger partial charge is 0.339 e. The van der Waals surface area contributed by atoms with Crippen LogP contribution in [0.25, 0.3) is 0 Å². The fourth-order valence-corrected chi connectivity index (χ4v) is 1.12. The fourth-order valence-electron chi connectivity index (χ4n) is 1.12. The average molecular weight is 233 g/mol. The maximum absolute atomic E-state index is 12.0. The Bertz CT molecular complexity index is 380. The van der Waals surface area contributed by atoms with Gasteiger partial charge < -0.3 is 4.52 Å². The molecule has 1 rings (SSSR count). The highest BCUT2D eigenvalue weighted by Crippen LogP contribution is 2.22. The van der Waals surface area contributed by atoms with Crippen molar-refractivity contribution < 1.29 is 17.7 Å². The number of aromatic nitrogens is 2. The molecule has 0 aliphatic rings. The molecule has 0 aliphatic carbocycles. The zero-order chi connectivity index (χ0) is 12.2. The molecule has 1 unspecified atom stereocenters. The van der Waals surface area contributed by atoms with Gasteiger partial charge in [-0.05, 0) is 6.42 Å². The number of nitrogens with zero attached hydrogens (tertiary/aromatic N) is 3. The number of hydrogen-bond donors (Lipinski definition) is 0. The van der Waals surface area contributed by atoms with E-state index >= 15 is 0 Å².